The van der Waals surface area contributed by atoms with Crippen molar-refractivity contribution in [3.63, 3.8) is 0 Å². The van der Waals surface area contributed by atoms with E-state index >= 15 is 0 Å². The number of fused-ring (bicyclic) bond motifs is 1. The van der Waals surface area contributed by atoms with E-state index in [2.05, 4.69) is 51.9 Å². The molecule has 2 N–H and O–H groups in total. The number of aromatic nitrogens is 3. The first-order valence-electron chi connectivity index (χ1n) is 9.90. The first-order valence-corrected chi connectivity index (χ1v) is 9.90. The Morgan fingerprint density at radius 1 is 1.21 bits per heavy atom. The minimum atomic E-state index is 0. The smallest absolute Gasteiger partial charge is 0.345 e. The van der Waals surface area contributed by atoms with Crippen LogP contribution >= 0.6 is 24.0 Å². The maximum Gasteiger partial charge on any atom is 0.345 e. The van der Waals surface area contributed by atoms with Gasteiger partial charge >= 0.3 is 5.69 Å². The van der Waals surface area contributed by atoms with E-state index < -0.39 is 0 Å². The number of nitrogens with zero attached hydrogens (tertiary/aromatic N) is 4. The minimum Gasteiger partial charge on any atom is -0.356 e. The van der Waals surface area contributed by atoms with E-state index in [1.54, 1.807) is 11.7 Å². The average Bonchev–Trinajstić information content (AvgIpc) is 3.03. The van der Waals surface area contributed by atoms with Gasteiger partial charge in [0.05, 0.1) is 0 Å². The van der Waals surface area contributed by atoms with Crippen LogP contribution in [0.3, 0.4) is 0 Å². The molecule has 0 bridgehead atoms. The highest BCUT2D eigenvalue weighted by molar-refractivity contribution is 14.0. The largest absolute Gasteiger partial charge is 0.356 e. The number of guanidine groups is 1. The van der Waals surface area contributed by atoms with Gasteiger partial charge in [-0.25, -0.2) is 9.48 Å². The maximum absolute atomic E-state index is 12.3. The van der Waals surface area contributed by atoms with Gasteiger partial charge in [-0.15, -0.1) is 24.0 Å². The summed E-state index contributed by atoms with van der Waals surface area (Å²) in [6.45, 7) is 5.09. The molecule has 0 unspecified atom stereocenters. The standard InChI is InChI=1S/C20H30N6O.HI/c1-3-16-9-4-5-10-17(16)15-23-19(21-2)22-12-8-14-26-20(27)25-13-7-6-11-18(25)24-26;/h4-5,9-10H,3,6-8,11-15H2,1-2H3,(H2,21,22,23);1H. The Hall–Kier alpha value is -1.84. The lowest BCUT2D eigenvalue weighted by Crippen LogP contribution is -2.38. The third-order valence-corrected chi connectivity index (χ3v) is 5.04. The number of hydrogen-bond acceptors (Lipinski definition) is 3. The van der Waals surface area contributed by atoms with Gasteiger partial charge in [-0.2, -0.15) is 5.10 Å². The van der Waals surface area contributed by atoms with Crippen LogP contribution in [0.5, 0.6) is 0 Å². The zero-order chi connectivity index (χ0) is 19.1. The van der Waals surface area contributed by atoms with Crippen LogP contribution in [0.1, 0.15) is 43.1 Å². The van der Waals surface area contributed by atoms with E-state index in [-0.39, 0.29) is 29.7 Å². The Bertz CT molecular complexity index is 841. The first-order chi connectivity index (χ1) is 13.2. The first kappa shape index (κ1) is 22.4. The summed E-state index contributed by atoms with van der Waals surface area (Å²) in [5.41, 5.74) is 2.67. The van der Waals surface area contributed by atoms with Crippen molar-refractivity contribution < 1.29 is 0 Å². The molecule has 0 aliphatic carbocycles. The number of rotatable bonds is 7. The quantitative estimate of drug-likeness (QED) is 0.266. The van der Waals surface area contributed by atoms with Crippen molar-refractivity contribution in [1.29, 1.82) is 0 Å². The van der Waals surface area contributed by atoms with Crippen molar-refractivity contribution >= 4 is 29.9 Å². The molecule has 2 aromatic rings. The summed E-state index contributed by atoms with van der Waals surface area (Å²) in [5.74, 6) is 1.71. The van der Waals surface area contributed by atoms with Gasteiger partial charge < -0.3 is 10.6 Å². The second kappa shape index (κ2) is 11.2. The van der Waals surface area contributed by atoms with Gasteiger partial charge in [0.15, 0.2) is 5.96 Å². The number of hydrogen-bond donors (Lipinski definition) is 2. The van der Waals surface area contributed by atoms with Crippen molar-refractivity contribution in [2.45, 2.75) is 58.7 Å². The van der Waals surface area contributed by atoms with Crippen LogP contribution in [0, 0.1) is 0 Å². The van der Waals surface area contributed by atoms with Crippen molar-refractivity contribution in [3.8, 4) is 0 Å². The fraction of sp³-hybridized carbons (Fsp3) is 0.550. The molecule has 7 nitrogen and oxygen atoms in total. The number of nitrogens with one attached hydrogen (secondary N) is 2. The van der Waals surface area contributed by atoms with Gasteiger partial charge in [0.25, 0.3) is 0 Å². The molecule has 1 aliphatic heterocycles. The number of aliphatic imine (C=N–C) groups is 1. The Labute approximate surface area is 183 Å². The molecular formula is C20H31IN6O. The molecule has 0 saturated heterocycles. The summed E-state index contributed by atoms with van der Waals surface area (Å²) < 4.78 is 3.43. The van der Waals surface area contributed by atoms with Gasteiger partial charge in [0, 0.05) is 39.6 Å². The van der Waals surface area contributed by atoms with E-state index in [0.29, 0.717) is 6.54 Å². The van der Waals surface area contributed by atoms with Crippen molar-refractivity contribution in [3.05, 3.63) is 51.7 Å². The lowest BCUT2D eigenvalue weighted by molar-refractivity contribution is 0.509. The second-order valence-corrected chi connectivity index (χ2v) is 6.86. The molecular weight excluding hydrogens is 467 g/mol. The molecule has 0 atom stereocenters. The molecule has 2 heterocycles. The normalized spacial score (nSPS) is 13.6. The average molecular weight is 498 g/mol. The van der Waals surface area contributed by atoms with E-state index in [0.717, 1.165) is 63.5 Å². The van der Waals surface area contributed by atoms with Crippen molar-refractivity contribution in [1.82, 2.24) is 25.0 Å². The van der Waals surface area contributed by atoms with E-state index in [1.807, 2.05) is 4.57 Å². The SMILES string of the molecule is CCc1ccccc1CNC(=NC)NCCCn1nc2n(c1=O)CCCC2.I. The molecule has 28 heavy (non-hydrogen) atoms. The van der Waals surface area contributed by atoms with Crippen molar-refractivity contribution in [2.75, 3.05) is 13.6 Å². The van der Waals surface area contributed by atoms with Crippen LogP contribution in [0.2, 0.25) is 0 Å². The summed E-state index contributed by atoms with van der Waals surface area (Å²) in [7, 11) is 1.77. The molecule has 0 fully saturated rings. The molecule has 0 spiro atoms. The zero-order valence-corrected chi connectivity index (χ0v) is 19.1. The summed E-state index contributed by atoms with van der Waals surface area (Å²) >= 11 is 0. The van der Waals surface area contributed by atoms with E-state index in [1.165, 1.54) is 11.1 Å². The third kappa shape index (κ3) is 5.59. The van der Waals surface area contributed by atoms with Crippen LogP contribution in [0.4, 0.5) is 0 Å². The highest BCUT2D eigenvalue weighted by Crippen LogP contribution is 2.10. The summed E-state index contributed by atoms with van der Waals surface area (Å²) in [5, 5.41) is 11.2. The summed E-state index contributed by atoms with van der Waals surface area (Å²) in [6.07, 6.45) is 4.95. The lowest BCUT2D eigenvalue weighted by atomic mass is 10.1. The summed E-state index contributed by atoms with van der Waals surface area (Å²) in [4.78, 5) is 16.6. The number of halogens is 1. The van der Waals surface area contributed by atoms with Gasteiger partial charge in [-0.3, -0.25) is 9.56 Å². The second-order valence-electron chi connectivity index (χ2n) is 6.86. The molecule has 0 saturated carbocycles. The van der Waals surface area contributed by atoms with E-state index in [4.69, 9.17) is 0 Å². The molecule has 1 aromatic carbocycles. The Kier molecular flexibility index (Phi) is 9.01. The van der Waals surface area contributed by atoms with Gasteiger partial charge in [0.1, 0.15) is 5.82 Å². The highest BCUT2D eigenvalue weighted by Gasteiger charge is 2.16. The van der Waals surface area contributed by atoms with Gasteiger partial charge in [-0.05, 0) is 36.8 Å². The van der Waals surface area contributed by atoms with Crippen molar-refractivity contribution in [2.24, 2.45) is 4.99 Å². The van der Waals surface area contributed by atoms with Crippen LogP contribution in [-0.2, 0) is 32.5 Å². The Morgan fingerprint density at radius 2 is 2.00 bits per heavy atom. The highest BCUT2D eigenvalue weighted by atomic mass is 127. The Morgan fingerprint density at radius 3 is 2.71 bits per heavy atom. The predicted octanol–water partition coefficient (Wildman–Crippen LogP) is 2.32. The number of aryl methyl sites for hydroxylation is 3. The van der Waals surface area contributed by atoms with Crippen LogP contribution in [0.25, 0.3) is 0 Å². The Balaban J connectivity index is 0.00000280. The van der Waals surface area contributed by atoms with Gasteiger partial charge in [-0.1, -0.05) is 31.2 Å². The monoisotopic (exact) mass is 498 g/mol. The van der Waals surface area contributed by atoms with E-state index in [9.17, 15) is 4.79 Å². The molecule has 154 valence electrons. The van der Waals surface area contributed by atoms with Crippen LogP contribution < -0.4 is 16.3 Å². The third-order valence-electron chi connectivity index (χ3n) is 5.04. The number of benzene rings is 1. The predicted molar refractivity (Wildman–Crippen MR) is 123 cm³/mol. The lowest BCUT2D eigenvalue weighted by Gasteiger charge is -2.13. The molecule has 0 amide bonds. The fourth-order valence-corrected chi connectivity index (χ4v) is 3.50. The summed E-state index contributed by atoms with van der Waals surface area (Å²) in [6, 6.07) is 8.45. The molecule has 1 aliphatic rings. The topological polar surface area (TPSA) is 76.2 Å². The maximum atomic E-state index is 12.3. The molecule has 0 radical (unpaired) electrons. The zero-order valence-electron chi connectivity index (χ0n) is 16.8. The molecule has 1 aromatic heterocycles. The van der Waals surface area contributed by atoms with Crippen LogP contribution in [-0.4, -0.2) is 33.9 Å². The fourth-order valence-electron chi connectivity index (χ4n) is 3.50. The molecule has 3 rings (SSSR count). The molecule has 8 heteroatoms. The van der Waals surface area contributed by atoms with Crippen LogP contribution in [0.15, 0.2) is 34.1 Å². The minimum absolute atomic E-state index is 0. The van der Waals surface area contributed by atoms with Gasteiger partial charge in [0.2, 0.25) is 0 Å².